The van der Waals surface area contributed by atoms with Gasteiger partial charge in [-0.05, 0) is 24.1 Å². The fourth-order valence-corrected chi connectivity index (χ4v) is 4.07. The Kier molecular flexibility index (Phi) is 6.72. The molecule has 35 heavy (non-hydrogen) atoms. The predicted molar refractivity (Wildman–Crippen MR) is 119 cm³/mol. The van der Waals surface area contributed by atoms with Crippen molar-refractivity contribution in [2.45, 2.75) is 43.5 Å². The topological polar surface area (TPSA) is 153 Å². The second-order valence-electron chi connectivity index (χ2n) is 8.38. The molecule has 2 fully saturated rings. The van der Waals surface area contributed by atoms with Crippen molar-refractivity contribution in [1.82, 2.24) is 24.8 Å². The van der Waals surface area contributed by atoms with Crippen LogP contribution in [0.1, 0.15) is 18.2 Å². The van der Waals surface area contributed by atoms with Crippen LogP contribution < -0.4 is 10.6 Å². The number of alkyl carbamates (subject to hydrolysis) is 1. The van der Waals surface area contributed by atoms with Crippen molar-refractivity contribution < 1.29 is 33.6 Å². The van der Waals surface area contributed by atoms with E-state index in [0.29, 0.717) is 35.8 Å². The maximum atomic E-state index is 13.0. The van der Waals surface area contributed by atoms with Crippen molar-refractivity contribution in [2.75, 3.05) is 25.1 Å². The van der Waals surface area contributed by atoms with Crippen molar-refractivity contribution >= 4 is 23.1 Å². The van der Waals surface area contributed by atoms with E-state index in [0.717, 1.165) is 6.42 Å². The van der Waals surface area contributed by atoms with Gasteiger partial charge < -0.3 is 35.1 Å². The zero-order valence-corrected chi connectivity index (χ0v) is 18.6. The number of fused-ring (bicyclic) bond motifs is 1. The number of nitrogens with zero attached hydrogens (tertiary/aromatic N) is 4. The molecule has 2 saturated heterocycles. The Labute approximate surface area is 199 Å². The summed E-state index contributed by atoms with van der Waals surface area (Å²) in [5.41, 5.74) is 1.60. The van der Waals surface area contributed by atoms with Gasteiger partial charge in [0.1, 0.15) is 37.1 Å². The molecule has 0 aliphatic carbocycles. The van der Waals surface area contributed by atoms with Gasteiger partial charge in [-0.1, -0.05) is 12.1 Å². The molecule has 1 amide bonds. The number of benzene rings is 1. The number of rotatable bonds is 7. The highest BCUT2D eigenvalue weighted by atomic mass is 19.1. The molecule has 186 valence electrons. The lowest BCUT2D eigenvalue weighted by Gasteiger charge is -2.17. The molecule has 0 bridgehead atoms. The van der Waals surface area contributed by atoms with Gasteiger partial charge in [-0.3, -0.25) is 4.57 Å². The maximum Gasteiger partial charge on any atom is 0.407 e. The predicted octanol–water partition coefficient (Wildman–Crippen LogP) is 0.712. The average Bonchev–Trinajstić information content (AvgIpc) is 3.59. The summed E-state index contributed by atoms with van der Waals surface area (Å²) in [4.78, 5) is 24.9. The van der Waals surface area contributed by atoms with E-state index in [1.165, 1.54) is 29.4 Å². The van der Waals surface area contributed by atoms with E-state index in [2.05, 4.69) is 25.6 Å². The zero-order chi connectivity index (χ0) is 24.4. The molecule has 1 aromatic carbocycles. The number of ether oxygens (including phenoxy) is 3. The number of halogens is 1. The summed E-state index contributed by atoms with van der Waals surface area (Å²) in [7, 11) is 0. The molecule has 0 spiro atoms. The molecule has 5 rings (SSSR count). The minimum absolute atomic E-state index is 0.115. The van der Waals surface area contributed by atoms with Gasteiger partial charge in [0.25, 0.3) is 0 Å². The van der Waals surface area contributed by atoms with Gasteiger partial charge in [-0.15, -0.1) is 0 Å². The first kappa shape index (κ1) is 23.4. The van der Waals surface area contributed by atoms with Crippen LogP contribution in [-0.4, -0.2) is 80.0 Å². The number of anilines is 1. The first-order valence-corrected chi connectivity index (χ1v) is 11.2. The molecule has 2 aromatic heterocycles. The van der Waals surface area contributed by atoms with Gasteiger partial charge in [-0.25, -0.2) is 24.1 Å². The minimum atomic E-state index is -1.31. The molecule has 4 heterocycles. The Morgan fingerprint density at radius 3 is 2.80 bits per heavy atom. The monoisotopic (exact) mass is 488 g/mol. The molecular weight excluding hydrogens is 463 g/mol. The molecule has 4 unspecified atom stereocenters. The highest BCUT2D eigenvalue weighted by molar-refractivity contribution is 5.82. The lowest BCUT2D eigenvalue weighted by atomic mass is 10.1. The summed E-state index contributed by atoms with van der Waals surface area (Å²) in [6.45, 7) is 1.10. The summed E-state index contributed by atoms with van der Waals surface area (Å²) in [6, 6.07) is 5.78. The van der Waals surface area contributed by atoms with Crippen LogP contribution in [0, 0.1) is 5.82 Å². The van der Waals surface area contributed by atoms with E-state index >= 15 is 0 Å². The second-order valence-corrected chi connectivity index (χ2v) is 8.38. The Morgan fingerprint density at radius 1 is 1.20 bits per heavy atom. The third kappa shape index (κ3) is 5.03. The quantitative estimate of drug-likeness (QED) is 0.374. The minimum Gasteiger partial charge on any atom is -0.447 e. The van der Waals surface area contributed by atoms with Crippen molar-refractivity contribution in [3.8, 4) is 0 Å². The van der Waals surface area contributed by atoms with Gasteiger partial charge in [-0.2, -0.15) is 0 Å². The number of nitrogens with one attached hydrogen (secondary N) is 2. The maximum absolute atomic E-state index is 13.0. The summed E-state index contributed by atoms with van der Waals surface area (Å²) in [5, 5.41) is 26.9. The van der Waals surface area contributed by atoms with E-state index in [4.69, 9.17) is 14.2 Å². The van der Waals surface area contributed by atoms with Crippen LogP contribution in [0.15, 0.2) is 36.9 Å². The smallest absolute Gasteiger partial charge is 0.407 e. The average molecular weight is 488 g/mol. The van der Waals surface area contributed by atoms with E-state index in [9.17, 15) is 19.4 Å². The number of aromatic nitrogens is 4. The fraction of sp³-hybridized carbons (Fsp3) is 0.455. The molecular formula is C22H25FN6O6. The largest absolute Gasteiger partial charge is 0.447 e. The number of carbonyl (C=O) groups excluding carboxylic acids is 1. The third-order valence-corrected chi connectivity index (χ3v) is 5.97. The van der Waals surface area contributed by atoms with E-state index in [1.54, 1.807) is 12.1 Å². The summed E-state index contributed by atoms with van der Waals surface area (Å²) < 4.78 is 30.8. The zero-order valence-electron chi connectivity index (χ0n) is 18.6. The van der Waals surface area contributed by atoms with Crippen LogP contribution in [-0.2, 0) is 20.8 Å². The van der Waals surface area contributed by atoms with E-state index in [1.807, 2.05) is 0 Å². The van der Waals surface area contributed by atoms with Crippen LogP contribution in [0.25, 0.3) is 11.2 Å². The van der Waals surface area contributed by atoms with Crippen molar-refractivity contribution in [1.29, 1.82) is 0 Å². The highest BCUT2D eigenvalue weighted by Crippen LogP contribution is 2.32. The molecule has 3 aromatic rings. The highest BCUT2D eigenvalue weighted by Gasteiger charge is 2.45. The number of aliphatic hydroxyl groups excluding tert-OH is 2. The number of carbonyl (C=O) groups is 1. The van der Waals surface area contributed by atoms with Gasteiger partial charge in [0.15, 0.2) is 23.2 Å². The van der Waals surface area contributed by atoms with Gasteiger partial charge >= 0.3 is 6.09 Å². The summed E-state index contributed by atoms with van der Waals surface area (Å²) in [5.74, 6) is 0.167. The van der Waals surface area contributed by atoms with Crippen LogP contribution in [0.4, 0.5) is 15.0 Å². The third-order valence-electron chi connectivity index (χ3n) is 5.97. The molecule has 2 aliphatic heterocycles. The Morgan fingerprint density at radius 2 is 2.03 bits per heavy atom. The van der Waals surface area contributed by atoms with Crippen LogP contribution in [0.2, 0.25) is 0 Å². The van der Waals surface area contributed by atoms with Crippen molar-refractivity contribution in [2.24, 2.45) is 0 Å². The van der Waals surface area contributed by atoms with Gasteiger partial charge in [0.2, 0.25) is 0 Å². The Hall–Kier alpha value is -3.39. The van der Waals surface area contributed by atoms with Crippen LogP contribution in [0.5, 0.6) is 0 Å². The molecule has 4 N–H and O–H groups in total. The van der Waals surface area contributed by atoms with Crippen molar-refractivity contribution in [3.05, 3.63) is 48.3 Å². The molecule has 12 nitrogen and oxygen atoms in total. The SMILES string of the molecule is O=C(NCc1ccc(F)cc1)OCC1OC(n2cnc3c(N[C@@H]4CCOC4)ncnc32)C(O)C1O. The van der Waals surface area contributed by atoms with Gasteiger partial charge in [0.05, 0.1) is 19.0 Å². The van der Waals surface area contributed by atoms with E-state index < -0.39 is 30.6 Å². The lowest BCUT2D eigenvalue weighted by Crippen LogP contribution is -2.35. The summed E-state index contributed by atoms with van der Waals surface area (Å²) >= 11 is 0. The van der Waals surface area contributed by atoms with Crippen LogP contribution >= 0.6 is 0 Å². The lowest BCUT2D eigenvalue weighted by molar-refractivity contribution is -0.0533. The Bertz CT molecular complexity index is 1170. The fourth-order valence-electron chi connectivity index (χ4n) is 4.07. The number of amides is 1. The van der Waals surface area contributed by atoms with Crippen LogP contribution in [0.3, 0.4) is 0 Å². The first-order valence-electron chi connectivity index (χ1n) is 11.2. The standard InChI is InChI=1S/C22H25FN6O6/c23-13-3-1-12(2-4-13)7-24-22(32)34-9-15-17(30)18(31)21(35-15)29-11-27-16-19(25-10-26-20(16)29)28-14-5-6-33-8-14/h1-4,10-11,14-15,17-18,21,30-31H,5-9H2,(H,24,32)(H,25,26,28)/t14-,15?,17?,18?,21?/m1/s1. The van der Waals surface area contributed by atoms with Gasteiger partial charge in [0, 0.05) is 13.2 Å². The second kappa shape index (κ2) is 10.1. The molecule has 2 aliphatic rings. The molecule has 13 heteroatoms. The summed E-state index contributed by atoms with van der Waals surface area (Å²) in [6.07, 6.45) is -1.65. The van der Waals surface area contributed by atoms with E-state index in [-0.39, 0.29) is 25.0 Å². The first-order chi connectivity index (χ1) is 17.0. The molecule has 0 saturated carbocycles. The van der Waals surface area contributed by atoms with Crippen molar-refractivity contribution in [3.63, 3.8) is 0 Å². The molecule has 5 atom stereocenters. The number of aliphatic hydroxyl groups is 2. The number of hydrogen-bond acceptors (Lipinski definition) is 10. The Balaban J connectivity index is 1.21. The number of hydrogen-bond donors (Lipinski definition) is 4. The number of imidazole rings is 1. The molecule has 0 radical (unpaired) electrons. The normalized spacial score (nSPS) is 26.2.